The van der Waals surface area contributed by atoms with E-state index < -0.39 is 10.0 Å². The number of piperidine rings is 1. The smallest absolute Gasteiger partial charge is 0.238 e. The predicted octanol–water partition coefficient (Wildman–Crippen LogP) is 1.54. The van der Waals surface area contributed by atoms with Crippen LogP contribution in [0, 0.1) is 5.41 Å². The van der Waals surface area contributed by atoms with Gasteiger partial charge in [0.15, 0.2) is 0 Å². The first-order valence-electron chi connectivity index (χ1n) is 6.36. The first kappa shape index (κ1) is 14.1. The third kappa shape index (κ3) is 3.19. The molecule has 0 aliphatic carbocycles. The van der Waals surface area contributed by atoms with Crippen LogP contribution in [0.4, 0.5) is 11.4 Å². The largest absolute Gasteiger partial charge is 0.397 e. The number of primary sulfonamides is 1. The molecule has 0 unspecified atom stereocenters. The van der Waals surface area contributed by atoms with Crippen molar-refractivity contribution < 1.29 is 8.42 Å². The molecule has 0 saturated carbocycles. The zero-order valence-electron chi connectivity index (χ0n) is 11.4. The van der Waals surface area contributed by atoms with E-state index >= 15 is 0 Å². The van der Waals surface area contributed by atoms with Crippen LogP contribution in [0.5, 0.6) is 0 Å². The Hall–Kier alpha value is -1.27. The van der Waals surface area contributed by atoms with Crippen LogP contribution < -0.4 is 15.8 Å². The average molecular weight is 283 g/mol. The molecular weight excluding hydrogens is 262 g/mol. The van der Waals surface area contributed by atoms with Crippen molar-refractivity contribution in [1.82, 2.24) is 0 Å². The van der Waals surface area contributed by atoms with E-state index in [1.54, 1.807) is 12.1 Å². The number of hydrogen-bond donors (Lipinski definition) is 2. The van der Waals surface area contributed by atoms with Crippen LogP contribution in [0.3, 0.4) is 0 Å². The summed E-state index contributed by atoms with van der Waals surface area (Å²) in [7, 11) is -3.69. The van der Waals surface area contributed by atoms with Crippen LogP contribution in [0.2, 0.25) is 0 Å². The molecule has 0 amide bonds. The van der Waals surface area contributed by atoms with Crippen molar-refractivity contribution in [2.45, 2.75) is 31.6 Å². The second-order valence-electron chi connectivity index (χ2n) is 5.95. The molecular formula is C13H21N3O2S. The second kappa shape index (κ2) is 4.68. The van der Waals surface area contributed by atoms with Gasteiger partial charge in [0.2, 0.25) is 10.0 Å². The van der Waals surface area contributed by atoms with Crippen LogP contribution in [0.1, 0.15) is 26.7 Å². The highest BCUT2D eigenvalue weighted by Crippen LogP contribution is 2.34. The lowest BCUT2D eigenvalue weighted by atomic mass is 9.84. The Morgan fingerprint density at radius 2 is 2.00 bits per heavy atom. The number of benzene rings is 1. The maximum Gasteiger partial charge on any atom is 0.238 e. The molecule has 6 heteroatoms. The summed E-state index contributed by atoms with van der Waals surface area (Å²) in [4.78, 5) is 2.26. The van der Waals surface area contributed by atoms with Crippen molar-refractivity contribution in [1.29, 1.82) is 0 Å². The number of nitrogens with two attached hydrogens (primary N) is 2. The van der Waals surface area contributed by atoms with Gasteiger partial charge in [-0.2, -0.15) is 0 Å². The minimum Gasteiger partial charge on any atom is -0.397 e. The van der Waals surface area contributed by atoms with Gasteiger partial charge in [0, 0.05) is 13.1 Å². The summed E-state index contributed by atoms with van der Waals surface area (Å²) < 4.78 is 22.8. The highest BCUT2D eigenvalue weighted by Gasteiger charge is 2.27. The Labute approximate surface area is 114 Å². The summed E-state index contributed by atoms with van der Waals surface area (Å²) in [6, 6.07) is 4.63. The number of nitrogen functional groups attached to an aromatic ring is 1. The third-order valence-corrected chi connectivity index (χ3v) is 4.48. The molecule has 0 aromatic heterocycles. The van der Waals surface area contributed by atoms with E-state index in [4.69, 9.17) is 10.9 Å². The quantitative estimate of drug-likeness (QED) is 0.806. The number of nitrogens with zero attached hydrogens (tertiary/aromatic N) is 1. The van der Waals surface area contributed by atoms with Gasteiger partial charge in [-0.15, -0.1) is 0 Å². The molecule has 4 N–H and O–H groups in total. The summed E-state index contributed by atoms with van der Waals surface area (Å²) in [5.41, 5.74) is 7.54. The van der Waals surface area contributed by atoms with E-state index in [-0.39, 0.29) is 10.3 Å². The Kier molecular flexibility index (Phi) is 3.49. The molecule has 1 saturated heterocycles. The first-order valence-corrected chi connectivity index (χ1v) is 7.91. The highest BCUT2D eigenvalue weighted by atomic mass is 32.2. The van der Waals surface area contributed by atoms with E-state index in [9.17, 15) is 8.42 Å². The summed E-state index contributed by atoms with van der Waals surface area (Å²) in [6.07, 6.45) is 2.24. The molecule has 0 radical (unpaired) electrons. The lowest BCUT2D eigenvalue weighted by molar-refractivity contribution is 0.293. The SMILES string of the molecule is CC1(C)CCCN(c2cc(S(N)(=O)=O)ccc2N)C1. The number of sulfonamides is 1. The average Bonchev–Trinajstić information content (AvgIpc) is 2.26. The van der Waals surface area contributed by atoms with Crippen molar-refractivity contribution >= 4 is 21.4 Å². The van der Waals surface area contributed by atoms with Gasteiger partial charge in [0.25, 0.3) is 0 Å². The molecule has 0 bridgehead atoms. The summed E-state index contributed by atoms with van der Waals surface area (Å²) in [5, 5.41) is 5.17. The van der Waals surface area contributed by atoms with Crippen molar-refractivity contribution in [3.8, 4) is 0 Å². The van der Waals surface area contributed by atoms with Crippen LogP contribution >= 0.6 is 0 Å². The molecule has 0 atom stereocenters. The van der Waals surface area contributed by atoms with Crippen LogP contribution in [0.15, 0.2) is 23.1 Å². The molecule has 1 aliphatic heterocycles. The monoisotopic (exact) mass is 283 g/mol. The van der Waals surface area contributed by atoms with E-state index in [0.717, 1.165) is 31.6 Å². The Bertz CT molecular complexity index is 582. The fraction of sp³-hybridized carbons (Fsp3) is 0.538. The van der Waals surface area contributed by atoms with E-state index in [0.29, 0.717) is 5.69 Å². The minimum absolute atomic E-state index is 0.111. The first-order chi connectivity index (χ1) is 8.69. The van der Waals surface area contributed by atoms with Crippen LogP contribution in [-0.2, 0) is 10.0 Å². The normalized spacial score (nSPS) is 19.4. The van der Waals surface area contributed by atoms with Gasteiger partial charge >= 0.3 is 0 Å². The van der Waals surface area contributed by atoms with Crippen molar-refractivity contribution in [2.75, 3.05) is 23.7 Å². The third-order valence-electron chi connectivity index (χ3n) is 3.57. The maximum atomic E-state index is 11.4. The van der Waals surface area contributed by atoms with Gasteiger partial charge in [-0.05, 0) is 36.5 Å². The molecule has 0 spiro atoms. The Balaban J connectivity index is 2.39. The molecule has 1 heterocycles. The Morgan fingerprint density at radius 1 is 1.32 bits per heavy atom. The van der Waals surface area contributed by atoms with Crippen molar-refractivity contribution in [3.05, 3.63) is 18.2 Å². The van der Waals surface area contributed by atoms with Gasteiger partial charge in [-0.3, -0.25) is 0 Å². The standard InChI is InChI=1S/C13H21N3O2S/c1-13(2)6-3-7-16(9-13)12-8-10(19(15,17)18)4-5-11(12)14/h4-5,8H,3,6-7,9,14H2,1-2H3,(H2,15,17,18). The maximum absolute atomic E-state index is 11.4. The predicted molar refractivity (Wildman–Crippen MR) is 77.5 cm³/mol. The zero-order valence-corrected chi connectivity index (χ0v) is 12.2. The zero-order chi connectivity index (χ0) is 14.3. The lowest BCUT2D eigenvalue weighted by Gasteiger charge is -2.40. The summed E-state index contributed by atoms with van der Waals surface area (Å²) in [6.45, 7) is 6.17. The number of hydrogen-bond acceptors (Lipinski definition) is 4. The molecule has 1 aromatic rings. The molecule has 1 aliphatic rings. The highest BCUT2D eigenvalue weighted by molar-refractivity contribution is 7.89. The van der Waals surface area contributed by atoms with Gasteiger partial charge in [-0.25, -0.2) is 13.6 Å². The molecule has 1 aromatic carbocycles. The lowest BCUT2D eigenvalue weighted by Crippen LogP contribution is -2.40. The molecule has 5 nitrogen and oxygen atoms in total. The molecule has 19 heavy (non-hydrogen) atoms. The second-order valence-corrected chi connectivity index (χ2v) is 7.52. The van der Waals surface area contributed by atoms with Gasteiger partial charge in [0.1, 0.15) is 0 Å². The molecule has 106 valence electrons. The topological polar surface area (TPSA) is 89.4 Å². The van der Waals surface area contributed by atoms with Gasteiger partial charge in [-0.1, -0.05) is 13.8 Å². The number of rotatable bonds is 2. The summed E-state index contributed by atoms with van der Waals surface area (Å²) >= 11 is 0. The number of anilines is 2. The van der Waals surface area contributed by atoms with Crippen LogP contribution in [0.25, 0.3) is 0 Å². The van der Waals surface area contributed by atoms with E-state index in [1.807, 2.05) is 0 Å². The minimum atomic E-state index is -3.69. The van der Waals surface area contributed by atoms with Crippen LogP contribution in [-0.4, -0.2) is 21.5 Å². The molecule has 1 fully saturated rings. The summed E-state index contributed by atoms with van der Waals surface area (Å²) in [5.74, 6) is 0. The van der Waals surface area contributed by atoms with Gasteiger partial charge in [0.05, 0.1) is 16.3 Å². The molecule has 2 rings (SSSR count). The fourth-order valence-electron chi connectivity index (χ4n) is 2.60. The van der Waals surface area contributed by atoms with Gasteiger partial charge < -0.3 is 10.6 Å². The van der Waals surface area contributed by atoms with Crippen molar-refractivity contribution in [3.63, 3.8) is 0 Å². The Morgan fingerprint density at radius 3 is 2.58 bits per heavy atom. The van der Waals surface area contributed by atoms with E-state index in [2.05, 4.69) is 18.7 Å². The van der Waals surface area contributed by atoms with E-state index in [1.165, 1.54) is 6.07 Å². The van der Waals surface area contributed by atoms with Crippen molar-refractivity contribution in [2.24, 2.45) is 10.6 Å². The fourth-order valence-corrected chi connectivity index (χ4v) is 3.14.